The average molecular weight is 540 g/mol. The van der Waals surface area contributed by atoms with Crippen molar-refractivity contribution in [2.24, 2.45) is 5.14 Å². The molecule has 6 rings (SSSR count). The van der Waals surface area contributed by atoms with Crippen LogP contribution in [0.1, 0.15) is 24.4 Å². The van der Waals surface area contributed by atoms with E-state index < -0.39 is 10.0 Å². The molecule has 5 aromatic rings. The molecule has 0 saturated carbocycles. The number of nitrogens with one attached hydrogen (secondary N) is 1. The van der Waals surface area contributed by atoms with Crippen LogP contribution in [0.25, 0.3) is 33.4 Å². The van der Waals surface area contributed by atoms with Gasteiger partial charge in [-0.25, -0.2) is 18.5 Å². The topological polar surface area (TPSA) is 116 Å². The Labute approximate surface area is 226 Å². The Morgan fingerprint density at radius 2 is 1.51 bits per heavy atom. The maximum Gasteiger partial charge on any atom is 0.238 e. The number of fused-ring (bicyclic) bond motifs is 1. The second-order valence-electron chi connectivity index (χ2n) is 9.77. The molecule has 8 nitrogen and oxygen atoms in total. The van der Waals surface area contributed by atoms with Crippen LogP contribution in [-0.2, 0) is 21.3 Å². The molecule has 0 unspecified atom stereocenters. The van der Waals surface area contributed by atoms with Crippen LogP contribution in [0.3, 0.4) is 0 Å². The fraction of sp³-hybridized carbons (Fsp3) is 0.200. The maximum absolute atomic E-state index is 11.8. The zero-order valence-electron chi connectivity index (χ0n) is 21.3. The molecule has 1 aliphatic rings. The fourth-order valence-electron chi connectivity index (χ4n) is 5.41. The van der Waals surface area contributed by atoms with Crippen molar-refractivity contribution in [2.75, 3.05) is 13.2 Å². The number of ether oxygens (including phenoxy) is 1. The molecule has 0 atom stereocenters. The fourth-order valence-corrected chi connectivity index (χ4v) is 5.93. The van der Waals surface area contributed by atoms with Gasteiger partial charge in [0.2, 0.25) is 10.0 Å². The number of hydrogen-bond donors (Lipinski definition) is 2. The molecule has 198 valence electrons. The number of sulfonamides is 1. The van der Waals surface area contributed by atoms with Gasteiger partial charge in [0.15, 0.2) is 0 Å². The minimum absolute atomic E-state index is 0.0703. The van der Waals surface area contributed by atoms with Crippen LogP contribution >= 0.6 is 0 Å². The first-order chi connectivity index (χ1) is 18.9. The summed E-state index contributed by atoms with van der Waals surface area (Å²) in [6, 6.07) is 27.0. The van der Waals surface area contributed by atoms with Gasteiger partial charge < -0.3 is 13.9 Å². The van der Waals surface area contributed by atoms with E-state index in [-0.39, 0.29) is 10.9 Å². The third-order valence-corrected chi connectivity index (χ3v) is 8.25. The third kappa shape index (κ3) is 4.80. The molecular formula is C30H29N5O3S. The van der Waals surface area contributed by atoms with E-state index in [4.69, 9.17) is 14.9 Å². The van der Waals surface area contributed by atoms with Gasteiger partial charge in [-0.1, -0.05) is 72.8 Å². The first-order valence-corrected chi connectivity index (χ1v) is 14.4. The van der Waals surface area contributed by atoms with Crippen molar-refractivity contribution in [1.29, 1.82) is 5.41 Å². The van der Waals surface area contributed by atoms with Gasteiger partial charge in [0.05, 0.1) is 22.3 Å². The molecule has 1 aliphatic heterocycles. The summed E-state index contributed by atoms with van der Waals surface area (Å²) >= 11 is 0. The van der Waals surface area contributed by atoms with Gasteiger partial charge in [0.1, 0.15) is 11.1 Å². The largest absolute Gasteiger partial charge is 0.381 e. The molecule has 3 heterocycles. The number of nitrogens with zero attached hydrogens (tertiary/aromatic N) is 3. The van der Waals surface area contributed by atoms with E-state index in [1.807, 2.05) is 41.0 Å². The van der Waals surface area contributed by atoms with Crippen LogP contribution in [0.5, 0.6) is 0 Å². The van der Waals surface area contributed by atoms with Crippen molar-refractivity contribution in [1.82, 2.24) is 14.1 Å². The van der Waals surface area contributed by atoms with Crippen LogP contribution in [0, 0.1) is 5.41 Å². The Morgan fingerprint density at radius 1 is 0.897 bits per heavy atom. The van der Waals surface area contributed by atoms with E-state index in [2.05, 4.69) is 28.8 Å². The molecule has 0 amide bonds. The third-order valence-electron chi connectivity index (χ3n) is 7.32. The molecule has 0 spiro atoms. The first-order valence-electron chi connectivity index (χ1n) is 12.9. The highest BCUT2D eigenvalue weighted by molar-refractivity contribution is 7.89. The van der Waals surface area contributed by atoms with E-state index in [1.54, 1.807) is 18.5 Å². The second kappa shape index (κ2) is 10.3. The lowest BCUT2D eigenvalue weighted by Crippen LogP contribution is -2.29. The number of rotatable bonds is 6. The highest BCUT2D eigenvalue weighted by Gasteiger charge is 2.25. The Hall–Kier alpha value is -4.05. The van der Waals surface area contributed by atoms with Gasteiger partial charge in [0.25, 0.3) is 0 Å². The minimum atomic E-state index is -3.79. The Bertz CT molecular complexity index is 1790. The van der Waals surface area contributed by atoms with Gasteiger partial charge >= 0.3 is 0 Å². The molecule has 0 bridgehead atoms. The number of primary sulfonamides is 1. The molecule has 9 heteroatoms. The molecule has 0 aliphatic carbocycles. The Morgan fingerprint density at radius 3 is 2.13 bits per heavy atom. The molecular weight excluding hydrogens is 510 g/mol. The van der Waals surface area contributed by atoms with Crippen molar-refractivity contribution >= 4 is 21.1 Å². The zero-order valence-corrected chi connectivity index (χ0v) is 22.1. The van der Waals surface area contributed by atoms with Crippen molar-refractivity contribution < 1.29 is 13.2 Å². The standard InChI is InChI=1S/C30H29N5O3S/c31-29-27-26(22-7-3-1-4-8-22)28(23-9-5-2-6-10-23)34(19-21-11-13-25(14-12-21)39(32,36)37)30(27)33-20-35(29)24-15-17-38-18-16-24/h1-14,20,24,31H,15-19H2,(H2,32,36,37). The molecule has 3 N–H and O–H groups in total. The summed E-state index contributed by atoms with van der Waals surface area (Å²) in [4.78, 5) is 5.02. The van der Waals surface area contributed by atoms with Crippen LogP contribution in [0.2, 0.25) is 0 Å². The molecule has 1 fully saturated rings. The number of aromatic nitrogens is 3. The van der Waals surface area contributed by atoms with Crippen molar-refractivity contribution in [3.8, 4) is 22.4 Å². The summed E-state index contributed by atoms with van der Waals surface area (Å²) < 4.78 is 33.3. The van der Waals surface area contributed by atoms with E-state index in [0.717, 1.165) is 46.2 Å². The molecule has 0 radical (unpaired) electrons. The van der Waals surface area contributed by atoms with Crippen LogP contribution in [-0.4, -0.2) is 35.7 Å². The van der Waals surface area contributed by atoms with Crippen LogP contribution in [0.4, 0.5) is 0 Å². The summed E-state index contributed by atoms with van der Waals surface area (Å²) in [6.07, 6.45) is 3.46. The van der Waals surface area contributed by atoms with E-state index in [1.165, 1.54) is 12.1 Å². The summed E-state index contributed by atoms with van der Waals surface area (Å²) in [5, 5.41) is 15.5. The summed E-state index contributed by atoms with van der Waals surface area (Å²) in [5.74, 6) is 0. The molecule has 39 heavy (non-hydrogen) atoms. The smallest absolute Gasteiger partial charge is 0.238 e. The zero-order chi connectivity index (χ0) is 27.0. The second-order valence-corrected chi connectivity index (χ2v) is 11.3. The normalized spacial score (nSPS) is 14.6. The van der Waals surface area contributed by atoms with Gasteiger partial charge in [-0.2, -0.15) is 0 Å². The number of benzene rings is 3. The molecule has 1 saturated heterocycles. The number of nitrogens with two attached hydrogens (primary N) is 1. The highest BCUT2D eigenvalue weighted by atomic mass is 32.2. The lowest BCUT2D eigenvalue weighted by Gasteiger charge is -2.24. The molecule has 2 aromatic heterocycles. The lowest BCUT2D eigenvalue weighted by atomic mass is 9.99. The highest BCUT2D eigenvalue weighted by Crippen LogP contribution is 2.39. The maximum atomic E-state index is 11.8. The van der Waals surface area contributed by atoms with Crippen molar-refractivity contribution in [3.05, 3.63) is 102 Å². The predicted octanol–water partition coefficient (Wildman–Crippen LogP) is 4.70. The summed E-state index contributed by atoms with van der Waals surface area (Å²) in [6.45, 7) is 1.78. The average Bonchev–Trinajstić information content (AvgIpc) is 3.29. The van der Waals surface area contributed by atoms with Crippen LogP contribution < -0.4 is 10.6 Å². The van der Waals surface area contributed by atoms with Crippen LogP contribution in [0.15, 0.2) is 96.2 Å². The summed E-state index contributed by atoms with van der Waals surface area (Å²) in [7, 11) is -3.79. The van der Waals surface area contributed by atoms with Gasteiger partial charge in [-0.3, -0.25) is 5.41 Å². The monoisotopic (exact) mass is 539 g/mol. The van der Waals surface area contributed by atoms with E-state index in [9.17, 15) is 13.8 Å². The summed E-state index contributed by atoms with van der Waals surface area (Å²) in [5.41, 5.74) is 5.94. The van der Waals surface area contributed by atoms with E-state index in [0.29, 0.717) is 30.9 Å². The number of hydrogen-bond acceptors (Lipinski definition) is 5. The van der Waals surface area contributed by atoms with Crippen molar-refractivity contribution in [2.45, 2.75) is 30.3 Å². The molecule has 3 aromatic carbocycles. The lowest BCUT2D eigenvalue weighted by molar-refractivity contribution is 0.0682. The van der Waals surface area contributed by atoms with E-state index >= 15 is 0 Å². The predicted molar refractivity (Wildman–Crippen MR) is 150 cm³/mol. The Kier molecular flexibility index (Phi) is 6.64. The minimum Gasteiger partial charge on any atom is -0.381 e. The van der Waals surface area contributed by atoms with Crippen molar-refractivity contribution in [3.63, 3.8) is 0 Å². The Balaban J connectivity index is 1.63. The quantitative estimate of drug-likeness (QED) is 0.325. The van der Waals surface area contributed by atoms with Gasteiger partial charge in [0, 0.05) is 31.4 Å². The first kappa shape index (κ1) is 25.2. The SMILES string of the molecule is N=c1c2c(-c3ccccc3)c(-c3ccccc3)n(Cc3ccc(S(N)(=O)=O)cc3)c2ncn1C1CCOCC1. The van der Waals surface area contributed by atoms with Gasteiger partial charge in [-0.15, -0.1) is 0 Å². The van der Waals surface area contributed by atoms with Gasteiger partial charge in [-0.05, 0) is 41.7 Å².